The fourth-order valence-electron chi connectivity index (χ4n) is 2.40. The fraction of sp³-hybridized carbons (Fsp3) is 0.0526. The Kier molecular flexibility index (Phi) is 5.75. The third-order valence-electron chi connectivity index (χ3n) is 3.61. The summed E-state index contributed by atoms with van der Waals surface area (Å²) in [6.07, 6.45) is 0. The van der Waals surface area contributed by atoms with Crippen LogP contribution >= 0.6 is 23.4 Å². The Labute approximate surface area is 158 Å². The zero-order valence-corrected chi connectivity index (χ0v) is 15.0. The Balaban J connectivity index is 1.60. The predicted molar refractivity (Wildman–Crippen MR) is 102 cm³/mol. The van der Waals surface area contributed by atoms with E-state index < -0.39 is 17.6 Å². The lowest BCUT2D eigenvalue weighted by Gasteiger charge is -2.09. The molecule has 3 aromatic rings. The minimum atomic E-state index is -0.713. The van der Waals surface area contributed by atoms with Gasteiger partial charge in [0, 0.05) is 15.3 Å². The summed E-state index contributed by atoms with van der Waals surface area (Å²) in [4.78, 5) is 24.7. The molecule has 7 heteroatoms. The third kappa shape index (κ3) is 4.15. The van der Waals surface area contributed by atoms with E-state index in [1.165, 1.54) is 30.0 Å². The number of rotatable bonds is 4. The second-order valence-electron chi connectivity index (χ2n) is 5.36. The number of hydrogen-bond acceptors (Lipinski definition) is 3. The van der Waals surface area contributed by atoms with E-state index in [2.05, 4.69) is 10.9 Å². The first-order valence-corrected chi connectivity index (χ1v) is 9.06. The summed E-state index contributed by atoms with van der Waals surface area (Å²) in [7, 11) is 0. The van der Waals surface area contributed by atoms with E-state index in [0.717, 1.165) is 15.7 Å². The second kappa shape index (κ2) is 8.21. The highest BCUT2D eigenvalue weighted by Gasteiger charge is 2.12. The first-order chi connectivity index (χ1) is 12.6. The van der Waals surface area contributed by atoms with Gasteiger partial charge >= 0.3 is 0 Å². The quantitative estimate of drug-likeness (QED) is 0.520. The summed E-state index contributed by atoms with van der Waals surface area (Å²) in [6, 6.07) is 16.9. The van der Waals surface area contributed by atoms with E-state index in [9.17, 15) is 14.0 Å². The predicted octanol–water partition coefficient (Wildman–Crippen LogP) is 4.19. The Hall–Kier alpha value is -2.57. The number of carbonyl (C=O) groups excluding carboxylic acids is 2. The molecule has 0 aliphatic heterocycles. The molecule has 0 bridgehead atoms. The molecule has 0 atom stereocenters. The highest BCUT2D eigenvalue weighted by molar-refractivity contribution is 8.00. The molecule has 0 saturated heterocycles. The third-order valence-corrected chi connectivity index (χ3v) is 4.98. The highest BCUT2D eigenvalue weighted by atomic mass is 35.5. The average molecular weight is 389 g/mol. The van der Waals surface area contributed by atoms with Crippen molar-refractivity contribution in [3.05, 3.63) is 77.1 Å². The van der Waals surface area contributed by atoms with Gasteiger partial charge in [-0.2, -0.15) is 0 Å². The maximum absolute atomic E-state index is 13.5. The lowest BCUT2D eigenvalue weighted by Crippen LogP contribution is -2.42. The maximum atomic E-state index is 13.5. The van der Waals surface area contributed by atoms with Gasteiger partial charge in [-0.15, -0.1) is 11.8 Å². The van der Waals surface area contributed by atoms with Gasteiger partial charge in [0.1, 0.15) is 5.82 Å². The summed E-state index contributed by atoms with van der Waals surface area (Å²) in [5.74, 6) is -1.71. The number of hydrazine groups is 1. The second-order valence-corrected chi connectivity index (χ2v) is 6.79. The summed E-state index contributed by atoms with van der Waals surface area (Å²) >= 11 is 7.56. The Bertz CT molecular complexity index is 975. The van der Waals surface area contributed by atoms with Crippen LogP contribution in [0.25, 0.3) is 10.8 Å². The van der Waals surface area contributed by atoms with Crippen molar-refractivity contribution < 1.29 is 14.0 Å². The molecular formula is C19H14ClFN2O2S. The van der Waals surface area contributed by atoms with Crippen molar-refractivity contribution in [2.24, 2.45) is 0 Å². The maximum Gasteiger partial charge on any atom is 0.272 e. The van der Waals surface area contributed by atoms with Crippen LogP contribution in [0.4, 0.5) is 4.39 Å². The number of hydrogen-bond donors (Lipinski definition) is 2. The van der Waals surface area contributed by atoms with Crippen molar-refractivity contribution in [2.75, 3.05) is 5.75 Å². The van der Waals surface area contributed by atoms with Crippen LogP contribution in [0.5, 0.6) is 0 Å². The minimum absolute atomic E-state index is 0.0713. The molecular weight excluding hydrogens is 375 g/mol. The molecule has 2 N–H and O–H groups in total. The van der Waals surface area contributed by atoms with E-state index >= 15 is 0 Å². The summed E-state index contributed by atoms with van der Waals surface area (Å²) < 4.78 is 13.5. The van der Waals surface area contributed by atoms with Gasteiger partial charge in [-0.3, -0.25) is 20.4 Å². The van der Waals surface area contributed by atoms with Crippen molar-refractivity contribution >= 4 is 45.9 Å². The van der Waals surface area contributed by atoms with Crippen molar-refractivity contribution in [3.8, 4) is 0 Å². The van der Waals surface area contributed by atoms with Crippen LogP contribution in [0.3, 0.4) is 0 Å². The number of carbonyl (C=O) groups is 2. The zero-order valence-electron chi connectivity index (χ0n) is 13.5. The van der Waals surface area contributed by atoms with Gasteiger partial charge in [0.2, 0.25) is 5.91 Å². The number of amides is 2. The molecule has 0 saturated carbocycles. The minimum Gasteiger partial charge on any atom is -0.272 e. The van der Waals surface area contributed by atoms with Crippen LogP contribution in [-0.4, -0.2) is 17.6 Å². The lowest BCUT2D eigenvalue weighted by atomic mass is 10.1. The standard InChI is InChI=1S/C19H14ClFN2O2S/c20-14-8-3-5-12-6-4-10-16(18(12)14)26-11-17(24)22-23-19(25)13-7-1-2-9-15(13)21/h1-10H,11H2,(H,22,24)(H,23,25). The van der Waals surface area contributed by atoms with Crippen LogP contribution < -0.4 is 10.9 Å². The topological polar surface area (TPSA) is 58.2 Å². The van der Waals surface area contributed by atoms with Gasteiger partial charge in [0.25, 0.3) is 5.91 Å². The lowest BCUT2D eigenvalue weighted by molar-refractivity contribution is -0.119. The number of fused-ring (bicyclic) bond motifs is 1. The molecule has 132 valence electrons. The first-order valence-electron chi connectivity index (χ1n) is 7.70. The van der Waals surface area contributed by atoms with Gasteiger partial charge in [0.05, 0.1) is 11.3 Å². The van der Waals surface area contributed by atoms with Crippen LogP contribution in [0.15, 0.2) is 65.6 Å². The van der Waals surface area contributed by atoms with E-state index in [-0.39, 0.29) is 11.3 Å². The summed E-state index contributed by atoms with van der Waals surface area (Å²) in [5.41, 5.74) is 4.35. The molecule has 0 aliphatic rings. The van der Waals surface area contributed by atoms with Crippen molar-refractivity contribution in [3.63, 3.8) is 0 Å². The molecule has 0 aromatic heterocycles. The van der Waals surface area contributed by atoms with E-state index in [4.69, 9.17) is 11.6 Å². The molecule has 0 spiro atoms. The number of nitrogens with one attached hydrogen (secondary N) is 2. The molecule has 0 aliphatic carbocycles. The molecule has 26 heavy (non-hydrogen) atoms. The number of thioether (sulfide) groups is 1. The molecule has 0 fully saturated rings. The zero-order chi connectivity index (χ0) is 18.5. The molecule has 0 unspecified atom stereocenters. The number of halogens is 2. The van der Waals surface area contributed by atoms with Crippen LogP contribution in [0.2, 0.25) is 5.02 Å². The SMILES string of the molecule is O=C(CSc1cccc2cccc(Cl)c12)NNC(=O)c1ccccc1F. The fourth-order valence-corrected chi connectivity index (χ4v) is 3.65. The Morgan fingerprint density at radius 1 is 0.962 bits per heavy atom. The molecule has 4 nitrogen and oxygen atoms in total. The summed E-state index contributed by atoms with van der Waals surface area (Å²) in [5, 5.41) is 2.47. The van der Waals surface area contributed by atoms with Crippen molar-refractivity contribution in [1.29, 1.82) is 0 Å². The van der Waals surface area contributed by atoms with Gasteiger partial charge in [-0.1, -0.05) is 48.0 Å². The van der Waals surface area contributed by atoms with Gasteiger partial charge < -0.3 is 0 Å². The molecule has 2 amide bonds. The van der Waals surface area contributed by atoms with Gasteiger partial charge in [0.15, 0.2) is 0 Å². The monoisotopic (exact) mass is 388 g/mol. The van der Waals surface area contributed by atoms with Crippen molar-refractivity contribution in [2.45, 2.75) is 4.90 Å². The largest absolute Gasteiger partial charge is 0.272 e. The van der Waals surface area contributed by atoms with E-state index in [0.29, 0.717) is 5.02 Å². The Morgan fingerprint density at radius 3 is 2.46 bits per heavy atom. The molecule has 0 radical (unpaired) electrons. The van der Waals surface area contributed by atoms with Crippen molar-refractivity contribution in [1.82, 2.24) is 10.9 Å². The van der Waals surface area contributed by atoms with Crippen LogP contribution in [0.1, 0.15) is 10.4 Å². The molecule has 3 rings (SSSR count). The molecule has 0 heterocycles. The smallest absolute Gasteiger partial charge is 0.272 e. The normalized spacial score (nSPS) is 10.5. The van der Waals surface area contributed by atoms with Crippen LogP contribution in [0, 0.1) is 5.82 Å². The first kappa shape index (κ1) is 18.2. The van der Waals surface area contributed by atoms with Gasteiger partial charge in [-0.05, 0) is 29.7 Å². The highest BCUT2D eigenvalue weighted by Crippen LogP contribution is 2.32. The average Bonchev–Trinajstić information content (AvgIpc) is 2.65. The molecule has 3 aromatic carbocycles. The van der Waals surface area contributed by atoms with Crippen LogP contribution in [-0.2, 0) is 4.79 Å². The number of benzene rings is 3. The summed E-state index contributed by atoms with van der Waals surface area (Å²) in [6.45, 7) is 0. The van der Waals surface area contributed by atoms with E-state index in [1.54, 1.807) is 12.1 Å². The van der Waals surface area contributed by atoms with Gasteiger partial charge in [-0.25, -0.2) is 4.39 Å². The Morgan fingerprint density at radius 2 is 1.69 bits per heavy atom. The van der Waals surface area contributed by atoms with E-state index in [1.807, 2.05) is 30.3 Å².